The Hall–Kier alpha value is -4.00. The second kappa shape index (κ2) is 9.01. The number of anilines is 2. The van der Waals surface area contributed by atoms with Gasteiger partial charge in [0.25, 0.3) is 5.69 Å². The molecule has 1 atom stereocenters. The van der Waals surface area contributed by atoms with Gasteiger partial charge in [0.2, 0.25) is 5.91 Å². The lowest BCUT2D eigenvalue weighted by atomic mass is 10.0. The van der Waals surface area contributed by atoms with Gasteiger partial charge in [0, 0.05) is 34.8 Å². The molecule has 0 aliphatic heterocycles. The van der Waals surface area contributed by atoms with Crippen LogP contribution < -0.4 is 10.6 Å². The first-order valence-corrected chi connectivity index (χ1v) is 10.5. The predicted molar refractivity (Wildman–Crippen MR) is 123 cm³/mol. The van der Waals surface area contributed by atoms with Crippen molar-refractivity contribution in [3.05, 3.63) is 99.6 Å². The van der Waals surface area contributed by atoms with E-state index < -0.39 is 4.92 Å². The van der Waals surface area contributed by atoms with Gasteiger partial charge in [-0.15, -0.1) is 0 Å². The van der Waals surface area contributed by atoms with Gasteiger partial charge in [0.15, 0.2) is 5.78 Å². The van der Waals surface area contributed by atoms with Crippen LogP contribution in [0.1, 0.15) is 47.3 Å². The first-order chi connectivity index (χ1) is 15.4. The van der Waals surface area contributed by atoms with Crippen molar-refractivity contribution in [2.24, 2.45) is 5.92 Å². The van der Waals surface area contributed by atoms with Crippen molar-refractivity contribution >= 4 is 28.8 Å². The van der Waals surface area contributed by atoms with Crippen LogP contribution >= 0.6 is 0 Å². The summed E-state index contributed by atoms with van der Waals surface area (Å²) in [6, 6.07) is 20.3. The van der Waals surface area contributed by atoms with Gasteiger partial charge in [0.05, 0.1) is 4.92 Å². The molecule has 4 rings (SSSR count). The average molecular weight is 429 g/mol. The highest BCUT2D eigenvalue weighted by atomic mass is 16.6. The molecule has 0 aromatic heterocycles. The lowest BCUT2D eigenvalue weighted by molar-refractivity contribution is -0.384. The number of hydrogen-bond acceptors (Lipinski definition) is 5. The van der Waals surface area contributed by atoms with Gasteiger partial charge < -0.3 is 10.6 Å². The third-order valence-corrected chi connectivity index (χ3v) is 5.49. The number of amides is 1. The van der Waals surface area contributed by atoms with Gasteiger partial charge in [-0.1, -0.05) is 42.5 Å². The van der Waals surface area contributed by atoms with Crippen LogP contribution in [0.5, 0.6) is 0 Å². The van der Waals surface area contributed by atoms with Crippen molar-refractivity contribution in [3.63, 3.8) is 0 Å². The zero-order valence-corrected chi connectivity index (χ0v) is 17.6. The molecule has 1 aliphatic rings. The van der Waals surface area contributed by atoms with E-state index in [1.807, 2.05) is 31.2 Å². The summed E-state index contributed by atoms with van der Waals surface area (Å²) in [7, 11) is 0. The number of carbonyl (C=O) groups excluding carboxylic acids is 2. The predicted octanol–water partition coefficient (Wildman–Crippen LogP) is 5.35. The summed E-state index contributed by atoms with van der Waals surface area (Å²) in [5.41, 5.74) is 2.55. The molecule has 0 saturated heterocycles. The molecule has 7 nitrogen and oxygen atoms in total. The van der Waals surface area contributed by atoms with E-state index in [-0.39, 0.29) is 34.9 Å². The second-order valence-corrected chi connectivity index (χ2v) is 7.94. The van der Waals surface area contributed by atoms with Crippen LogP contribution in [0.15, 0.2) is 72.8 Å². The van der Waals surface area contributed by atoms with Gasteiger partial charge >= 0.3 is 0 Å². The first-order valence-electron chi connectivity index (χ1n) is 10.5. The third kappa shape index (κ3) is 4.83. The summed E-state index contributed by atoms with van der Waals surface area (Å²) in [4.78, 5) is 35.7. The van der Waals surface area contributed by atoms with E-state index in [1.54, 1.807) is 42.5 Å². The Morgan fingerprint density at radius 2 is 1.66 bits per heavy atom. The van der Waals surface area contributed by atoms with Crippen molar-refractivity contribution in [1.82, 2.24) is 0 Å². The maximum absolute atomic E-state index is 12.7. The Morgan fingerprint density at radius 1 is 0.969 bits per heavy atom. The van der Waals surface area contributed by atoms with Crippen molar-refractivity contribution in [2.75, 3.05) is 10.6 Å². The molecule has 0 spiro atoms. The van der Waals surface area contributed by atoms with E-state index in [1.165, 1.54) is 6.07 Å². The fraction of sp³-hybridized carbons (Fsp3) is 0.200. The number of nitrogens with one attached hydrogen (secondary N) is 2. The number of hydrogen-bond donors (Lipinski definition) is 2. The van der Waals surface area contributed by atoms with E-state index in [0.717, 1.165) is 24.1 Å². The quantitative estimate of drug-likeness (QED) is 0.286. The minimum absolute atomic E-state index is 0.0460. The standard InChI is InChI=1S/C25H23N3O4/c1-16(17-9-12-21(13-10-17)27-25(30)19-7-8-19)26-22-14-11-20(15-23(22)28(31)32)24(29)18-5-3-2-4-6-18/h2-6,9-16,19,26H,7-8H2,1H3,(H,27,30). The van der Waals surface area contributed by atoms with Gasteiger partial charge in [-0.25, -0.2) is 0 Å². The Morgan fingerprint density at radius 3 is 2.28 bits per heavy atom. The van der Waals surface area contributed by atoms with Crippen LogP contribution in [-0.4, -0.2) is 16.6 Å². The van der Waals surface area contributed by atoms with Crippen molar-refractivity contribution in [2.45, 2.75) is 25.8 Å². The number of nitrogens with zero attached hydrogens (tertiary/aromatic N) is 1. The second-order valence-electron chi connectivity index (χ2n) is 7.94. The summed E-state index contributed by atoms with van der Waals surface area (Å²) < 4.78 is 0. The molecular weight excluding hydrogens is 406 g/mol. The van der Waals surface area contributed by atoms with E-state index >= 15 is 0 Å². The molecule has 2 N–H and O–H groups in total. The zero-order chi connectivity index (χ0) is 22.7. The Labute approximate surface area is 185 Å². The summed E-state index contributed by atoms with van der Waals surface area (Å²) in [5.74, 6) is -0.0885. The summed E-state index contributed by atoms with van der Waals surface area (Å²) in [6.45, 7) is 1.89. The van der Waals surface area contributed by atoms with Crippen LogP contribution in [0.2, 0.25) is 0 Å². The monoisotopic (exact) mass is 429 g/mol. The fourth-order valence-corrected chi connectivity index (χ4v) is 3.46. The lowest BCUT2D eigenvalue weighted by Gasteiger charge is -2.17. The highest BCUT2D eigenvalue weighted by Crippen LogP contribution is 2.32. The molecular formula is C25H23N3O4. The molecule has 32 heavy (non-hydrogen) atoms. The van der Waals surface area contributed by atoms with Crippen LogP contribution in [0.25, 0.3) is 0 Å². The molecule has 0 radical (unpaired) electrons. The molecule has 1 fully saturated rings. The van der Waals surface area contributed by atoms with Crippen molar-refractivity contribution < 1.29 is 14.5 Å². The number of ketones is 1. The normalized spacial score (nSPS) is 13.8. The first kappa shape index (κ1) is 21.2. The van der Waals surface area contributed by atoms with Gasteiger partial charge in [-0.05, 0) is 49.6 Å². The summed E-state index contributed by atoms with van der Waals surface area (Å²) in [6.07, 6.45) is 1.89. The number of nitro groups is 1. The smallest absolute Gasteiger partial charge is 0.293 e. The third-order valence-electron chi connectivity index (χ3n) is 5.49. The minimum Gasteiger partial charge on any atom is -0.373 e. The fourth-order valence-electron chi connectivity index (χ4n) is 3.46. The molecule has 1 saturated carbocycles. The van der Waals surface area contributed by atoms with Crippen molar-refractivity contribution in [1.29, 1.82) is 0 Å². The molecule has 162 valence electrons. The van der Waals surface area contributed by atoms with Gasteiger partial charge in [0.1, 0.15) is 5.69 Å². The zero-order valence-electron chi connectivity index (χ0n) is 17.6. The van der Waals surface area contributed by atoms with Crippen LogP contribution in [-0.2, 0) is 4.79 Å². The number of benzene rings is 3. The summed E-state index contributed by atoms with van der Waals surface area (Å²) in [5, 5.41) is 17.7. The highest BCUT2D eigenvalue weighted by molar-refractivity contribution is 6.09. The SMILES string of the molecule is CC(Nc1ccc(C(=O)c2ccccc2)cc1[N+](=O)[O-])c1ccc(NC(=O)C2CC2)cc1. The number of rotatable bonds is 8. The van der Waals surface area contributed by atoms with E-state index in [2.05, 4.69) is 10.6 Å². The summed E-state index contributed by atoms with van der Waals surface area (Å²) >= 11 is 0. The topological polar surface area (TPSA) is 101 Å². The van der Waals surface area contributed by atoms with E-state index in [4.69, 9.17) is 0 Å². The molecule has 1 amide bonds. The minimum atomic E-state index is -0.493. The maximum atomic E-state index is 12.7. The lowest BCUT2D eigenvalue weighted by Crippen LogP contribution is -2.13. The van der Waals surface area contributed by atoms with E-state index in [0.29, 0.717) is 11.3 Å². The molecule has 3 aromatic carbocycles. The van der Waals surface area contributed by atoms with Gasteiger partial charge in [-0.3, -0.25) is 19.7 Å². The molecule has 7 heteroatoms. The molecule has 0 heterocycles. The Bertz CT molecular complexity index is 1160. The van der Waals surface area contributed by atoms with Crippen LogP contribution in [0, 0.1) is 16.0 Å². The Balaban J connectivity index is 1.49. The highest BCUT2D eigenvalue weighted by Gasteiger charge is 2.29. The molecule has 3 aromatic rings. The van der Waals surface area contributed by atoms with Crippen LogP contribution in [0.4, 0.5) is 17.1 Å². The molecule has 1 aliphatic carbocycles. The average Bonchev–Trinajstić information content (AvgIpc) is 3.65. The molecule has 0 bridgehead atoms. The Kier molecular flexibility index (Phi) is 5.98. The van der Waals surface area contributed by atoms with Crippen LogP contribution in [0.3, 0.4) is 0 Å². The van der Waals surface area contributed by atoms with Gasteiger partial charge in [-0.2, -0.15) is 0 Å². The largest absolute Gasteiger partial charge is 0.373 e. The maximum Gasteiger partial charge on any atom is 0.293 e. The van der Waals surface area contributed by atoms with E-state index in [9.17, 15) is 19.7 Å². The van der Waals surface area contributed by atoms with Crippen molar-refractivity contribution in [3.8, 4) is 0 Å². The molecule has 1 unspecified atom stereocenters. The number of nitro benzene ring substituents is 1. The number of carbonyl (C=O) groups is 2.